The van der Waals surface area contributed by atoms with Crippen LogP contribution in [0.1, 0.15) is 42.3 Å². The maximum absolute atomic E-state index is 12.1. The van der Waals surface area contributed by atoms with Gasteiger partial charge in [-0.15, -0.1) is 0 Å². The van der Waals surface area contributed by atoms with Gasteiger partial charge in [-0.1, -0.05) is 18.2 Å². The number of hydrogen-bond acceptors (Lipinski definition) is 5. The van der Waals surface area contributed by atoms with Crippen LogP contribution in [0, 0.1) is 13.8 Å². The third-order valence-corrected chi connectivity index (χ3v) is 3.38. The van der Waals surface area contributed by atoms with Crippen molar-refractivity contribution in [3.05, 3.63) is 34.9 Å². The minimum Gasteiger partial charge on any atom is -0.480 e. The Morgan fingerprint density at radius 2 is 1.62 bits per heavy atom. The molecule has 0 saturated carbocycles. The van der Waals surface area contributed by atoms with Gasteiger partial charge in [-0.25, -0.2) is 9.59 Å². The lowest BCUT2D eigenvalue weighted by Crippen LogP contribution is -2.48. The third-order valence-electron chi connectivity index (χ3n) is 3.38. The summed E-state index contributed by atoms with van der Waals surface area (Å²) >= 11 is 0. The van der Waals surface area contributed by atoms with Crippen molar-refractivity contribution in [2.24, 2.45) is 0 Å². The number of carbonyl (C=O) groups excluding carboxylic acids is 2. The number of carboxylic acid groups (broad SMARTS) is 1. The SMILES string of the molecule is Cc1cccc(C)c1C(=O)OCOC(=O)N(CC(=O)O)C(C)(C)C. The van der Waals surface area contributed by atoms with E-state index >= 15 is 0 Å². The lowest BCUT2D eigenvalue weighted by atomic mass is 10.0. The van der Waals surface area contributed by atoms with Crippen LogP contribution in [0.3, 0.4) is 0 Å². The molecule has 1 rings (SSSR count). The smallest absolute Gasteiger partial charge is 0.413 e. The Morgan fingerprint density at radius 3 is 2.08 bits per heavy atom. The van der Waals surface area contributed by atoms with E-state index in [1.807, 2.05) is 6.07 Å². The standard InChI is InChI=1S/C17H23NO6/c1-11-7-6-8-12(2)14(11)15(21)23-10-24-16(22)18(9-13(19)20)17(3,4)5/h6-8H,9-10H2,1-5H3,(H,19,20). The van der Waals surface area contributed by atoms with Gasteiger partial charge in [-0.3, -0.25) is 9.69 Å². The number of aryl methyl sites for hydroxylation is 2. The van der Waals surface area contributed by atoms with Gasteiger partial charge < -0.3 is 14.6 Å². The summed E-state index contributed by atoms with van der Waals surface area (Å²) in [5.74, 6) is -1.76. The van der Waals surface area contributed by atoms with E-state index in [0.29, 0.717) is 5.56 Å². The van der Waals surface area contributed by atoms with Gasteiger partial charge in [0.1, 0.15) is 6.54 Å². The topological polar surface area (TPSA) is 93.1 Å². The van der Waals surface area contributed by atoms with Gasteiger partial charge in [0.2, 0.25) is 6.79 Å². The molecule has 0 aliphatic heterocycles. The number of rotatable bonds is 5. The number of nitrogens with zero attached hydrogens (tertiary/aromatic N) is 1. The van der Waals surface area contributed by atoms with Gasteiger partial charge in [0.15, 0.2) is 0 Å². The van der Waals surface area contributed by atoms with E-state index in [4.69, 9.17) is 14.6 Å². The van der Waals surface area contributed by atoms with Crippen LogP contribution in [0.5, 0.6) is 0 Å². The molecule has 0 saturated heterocycles. The zero-order chi connectivity index (χ0) is 18.5. The molecule has 0 aliphatic rings. The molecule has 132 valence electrons. The first-order valence-corrected chi connectivity index (χ1v) is 7.43. The van der Waals surface area contributed by atoms with Gasteiger partial charge in [-0.05, 0) is 45.7 Å². The van der Waals surface area contributed by atoms with Crippen molar-refractivity contribution < 1.29 is 29.0 Å². The molecule has 0 fully saturated rings. The lowest BCUT2D eigenvalue weighted by Gasteiger charge is -2.33. The Bertz CT molecular complexity index is 612. The van der Waals surface area contributed by atoms with Crippen LogP contribution in [0.4, 0.5) is 4.79 Å². The number of esters is 1. The fraction of sp³-hybridized carbons (Fsp3) is 0.471. The van der Waals surface area contributed by atoms with Crippen LogP contribution in [0.25, 0.3) is 0 Å². The molecule has 7 nitrogen and oxygen atoms in total. The van der Waals surface area contributed by atoms with Crippen LogP contribution in [-0.4, -0.2) is 46.9 Å². The second-order valence-electron chi connectivity index (χ2n) is 6.38. The molecule has 0 atom stereocenters. The van der Waals surface area contributed by atoms with E-state index in [1.165, 1.54) is 0 Å². The molecule has 7 heteroatoms. The predicted octanol–water partition coefficient (Wildman–Crippen LogP) is 2.74. The van der Waals surface area contributed by atoms with Crippen LogP contribution in [0.2, 0.25) is 0 Å². The maximum Gasteiger partial charge on any atom is 0.413 e. The molecule has 0 heterocycles. The number of amides is 1. The van der Waals surface area contributed by atoms with E-state index in [0.717, 1.165) is 16.0 Å². The third kappa shape index (κ3) is 5.26. The lowest BCUT2D eigenvalue weighted by molar-refractivity contribution is -0.139. The summed E-state index contributed by atoms with van der Waals surface area (Å²) in [6.07, 6.45) is -0.862. The molecular weight excluding hydrogens is 314 g/mol. The zero-order valence-electron chi connectivity index (χ0n) is 14.6. The van der Waals surface area contributed by atoms with Crippen LogP contribution >= 0.6 is 0 Å². The zero-order valence-corrected chi connectivity index (χ0v) is 14.6. The van der Waals surface area contributed by atoms with Crippen molar-refractivity contribution in [1.29, 1.82) is 0 Å². The van der Waals surface area contributed by atoms with Crippen molar-refractivity contribution in [1.82, 2.24) is 4.90 Å². The molecular formula is C17H23NO6. The van der Waals surface area contributed by atoms with Crippen molar-refractivity contribution in [3.63, 3.8) is 0 Å². The second-order valence-corrected chi connectivity index (χ2v) is 6.38. The predicted molar refractivity (Wildman–Crippen MR) is 86.8 cm³/mol. The number of carboxylic acids is 1. The van der Waals surface area contributed by atoms with Crippen LogP contribution in [0.15, 0.2) is 18.2 Å². The molecule has 0 bridgehead atoms. The van der Waals surface area contributed by atoms with E-state index in [9.17, 15) is 14.4 Å². The van der Waals surface area contributed by atoms with E-state index in [1.54, 1.807) is 46.8 Å². The number of benzene rings is 1. The molecule has 0 radical (unpaired) electrons. The molecule has 1 amide bonds. The summed E-state index contributed by atoms with van der Waals surface area (Å²) in [7, 11) is 0. The van der Waals surface area contributed by atoms with Gasteiger partial charge in [-0.2, -0.15) is 0 Å². The van der Waals surface area contributed by atoms with E-state index in [-0.39, 0.29) is 0 Å². The highest BCUT2D eigenvalue weighted by atomic mass is 16.7. The molecule has 0 aliphatic carbocycles. The summed E-state index contributed by atoms with van der Waals surface area (Å²) in [6.45, 7) is 7.51. The number of ether oxygens (including phenoxy) is 2. The minimum atomic E-state index is -1.16. The summed E-state index contributed by atoms with van der Waals surface area (Å²) < 4.78 is 9.86. The highest BCUT2D eigenvalue weighted by Crippen LogP contribution is 2.16. The first-order chi connectivity index (χ1) is 11.0. The van der Waals surface area contributed by atoms with Crippen molar-refractivity contribution >= 4 is 18.0 Å². The van der Waals surface area contributed by atoms with Crippen LogP contribution in [-0.2, 0) is 14.3 Å². The number of hydrogen-bond donors (Lipinski definition) is 1. The Kier molecular flexibility index (Phi) is 6.34. The van der Waals surface area contributed by atoms with Crippen molar-refractivity contribution in [3.8, 4) is 0 Å². The van der Waals surface area contributed by atoms with E-state index in [2.05, 4.69) is 0 Å². The Morgan fingerprint density at radius 1 is 1.08 bits per heavy atom. The summed E-state index contributed by atoms with van der Waals surface area (Å²) in [5, 5.41) is 8.88. The monoisotopic (exact) mass is 337 g/mol. The van der Waals surface area contributed by atoms with Gasteiger partial charge in [0.05, 0.1) is 5.56 Å². The quantitative estimate of drug-likeness (QED) is 0.656. The Labute approximate surface area is 141 Å². The molecule has 1 aromatic rings. The van der Waals surface area contributed by atoms with Crippen molar-refractivity contribution in [2.75, 3.05) is 13.3 Å². The normalized spacial score (nSPS) is 10.9. The van der Waals surface area contributed by atoms with Gasteiger partial charge >= 0.3 is 18.0 Å². The maximum atomic E-state index is 12.1. The average Bonchev–Trinajstić information content (AvgIpc) is 2.43. The van der Waals surface area contributed by atoms with Gasteiger partial charge in [0.25, 0.3) is 0 Å². The molecule has 24 heavy (non-hydrogen) atoms. The second kappa shape index (κ2) is 7.81. The Hall–Kier alpha value is -2.57. The van der Waals surface area contributed by atoms with Crippen molar-refractivity contribution in [2.45, 2.75) is 40.2 Å². The Balaban J connectivity index is 2.67. The van der Waals surface area contributed by atoms with E-state index < -0.39 is 36.9 Å². The fourth-order valence-electron chi connectivity index (χ4n) is 2.13. The highest BCUT2D eigenvalue weighted by molar-refractivity contribution is 5.92. The molecule has 1 aromatic carbocycles. The van der Waals surface area contributed by atoms with Gasteiger partial charge in [0, 0.05) is 5.54 Å². The average molecular weight is 337 g/mol. The summed E-state index contributed by atoms with van der Waals surface area (Å²) in [4.78, 5) is 36.0. The largest absolute Gasteiger partial charge is 0.480 e. The first-order valence-electron chi connectivity index (χ1n) is 7.43. The molecule has 0 spiro atoms. The minimum absolute atomic E-state index is 0.423. The fourth-order valence-corrected chi connectivity index (χ4v) is 2.13. The molecule has 1 N–H and O–H groups in total. The number of carbonyl (C=O) groups is 3. The molecule has 0 aromatic heterocycles. The molecule has 0 unspecified atom stereocenters. The highest BCUT2D eigenvalue weighted by Gasteiger charge is 2.30. The van der Waals surface area contributed by atoms with Crippen LogP contribution < -0.4 is 0 Å². The summed E-state index contributed by atoms with van der Waals surface area (Å²) in [5.41, 5.74) is 1.19. The first kappa shape index (κ1) is 19.5. The summed E-state index contributed by atoms with van der Waals surface area (Å²) in [6, 6.07) is 5.39. The number of aliphatic carboxylic acids is 1.